The van der Waals surface area contributed by atoms with Crippen LogP contribution in [-0.2, 0) is 22.5 Å². The van der Waals surface area contributed by atoms with E-state index in [-0.39, 0.29) is 5.91 Å². The molecule has 0 radical (unpaired) electrons. The Balaban J connectivity index is 1.62. The van der Waals surface area contributed by atoms with Crippen LogP contribution in [0.2, 0.25) is 0 Å². The highest BCUT2D eigenvalue weighted by atomic mass is 16.5. The zero-order chi connectivity index (χ0) is 13.3. The van der Waals surface area contributed by atoms with Gasteiger partial charge < -0.3 is 20.5 Å². The van der Waals surface area contributed by atoms with E-state index in [0.717, 1.165) is 24.3 Å². The van der Waals surface area contributed by atoms with Crippen molar-refractivity contribution in [3.63, 3.8) is 0 Å². The van der Waals surface area contributed by atoms with Gasteiger partial charge in [0.05, 0.1) is 19.8 Å². The highest BCUT2D eigenvalue weighted by Gasteiger charge is 2.44. The molecule has 0 atom stereocenters. The fraction of sp³-hybridized carbons (Fsp3) is 0.500. The second-order valence-electron chi connectivity index (χ2n) is 5.20. The summed E-state index contributed by atoms with van der Waals surface area (Å²) in [5.41, 5.74) is 7.44. The molecule has 5 nitrogen and oxygen atoms in total. The van der Waals surface area contributed by atoms with Crippen molar-refractivity contribution in [2.75, 3.05) is 26.4 Å². The largest absolute Gasteiger partial charge is 0.493 e. The van der Waals surface area contributed by atoms with Gasteiger partial charge in [0, 0.05) is 19.5 Å². The van der Waals surface area contributed by atoms with Crippen molar-refractivity contribution >= 4 is 5.91 Å². The van der Waals surface area contributed by atoms with E-state index in [9.17, 15) is 4.79 Å². The second-order valence-corrected chi connectivity index (χ2v) is 5.20. The normalized spacial score (nSPS) is 19.2. The van der Waals surface area contributed by atoms with E-state index >= 15 is 0 Å². The van der Waals surface area contributed by atoms with Crippen LogP contribution >= 0.6 is 0 Å². The molecule has 5 heteroatoms. The van der Waals surface area contributed by atoms with E-state index < -0.39 is 5.41 Å². The molecule has 2 heterocycles. The Morgan fingerprint density at radius 2 is 2.26 bits per heavy atom. The molecule has 0 bridgehead atoms. The summed E-state index contributed by atoms with van der Waals surface area (Å²) in [5, 5.41) is 2.94. The summed E-state index contributed by atoms with van der Waals surface area (Å²) in [7, 11) is 0. The summed E-state index contributed by atoms with van der Waals surface area (Å²) in [6.07, 6.45) is 0.942. The number of nitrogens with two attached hydrogens (primary N) is 1. The average Bonchev–Trinajstić information content (AvgIpc) is 2.83. The molecule has 1 amide bonds. The molecule has 2 aliphatic rings. The molecule has 0 saturated carbocycles. The Morgan fingerprint density at radius 3 is 2.95 bits per heavy atom. The first-order valence-corrected chi connectivity index (χ1v) is 6.54. The summed E-state index contributed by atoms with van der Waals surface area (Å²) in [6.45, 7) is 2.45. The molecule has 1 fully saturated rings. The Labute approximate surface area is 112 Å². The van der Waals surface area contributed by atoms with Crippen LogP contribution in [0, 0.1) is 5.41 Å². The molecule has 3 N–H and O–H groups in total. The van der Waals surface area contributed by atoms with Crippen molar-refractivity contribution in [3.8, 4) is 5.75 Å². The van der Waals surface area contributed by atoms with Gasteiger partial charge in [0.1, 0.15) is 11.2 Å². The van der Waals surface area contributed by atoms with Gasteiger partial charge in [-0.15, -0.1) is 0 Å². The van der Waals surface area contributed by atoms with Gasteiger partial charge in [0.25, 0.3) is 0 Å². The van der Waals surface area contributed by atoms with Crippen LogP contribution in [0.15, 0.2) is 18.2 Å². The second kappa shape index (κ2) is 4.83. The highest BCUT2D eigenvalue weighted by Crippen LogP contribution is 2.27. The smallest absolute Gasteiger partial charge is 0.232 e. The number of fused-ring (bicyclic) bond motifs is 1. The highest BCUT2D eigenvalue weighted by molar-refractivity contribution is 5.84. The standard InChI is InChI=1S/C14H18N2O3/c15-7-14(8-18-9-14)13(17)16-6-10-1-2-12-11(5-10)3-4-19-12/h1-2,5H,3-4,6-9,15H2,(H,16,17). The number of ether oxygens (including phenoxy) is 2. The van der Waals surface area contributed by atoms with Crippen molar-refractivity contribution in [1.82, 2.24) is 5.32 Å². The number of hydrogen-bond acceptors (Lipinski definition) is 4. The summed E-state index contributed by atoms with van der Waals surface area (Å²) >= 11 is 0. The minimum Gasteiger partial charge on any atom is -0.493 e. The van der Waals surface area contributed by atoms with E-state index in [1.807, 2.05) is 12.1 Å². The quantitative estimate of drug-likeness (QED) is 0.813. The lowest BCUT2D eigenvalue weighted by Crippen LogP contribution is -2.58. The maximum absolute atomic E-state index is 12.1. The minimum absolute atomic E-state index is 0.0157. The molecular weight excluding hydrogens is 244 g/mol. The topological polar surface area (TPSA) is 73.6 Å². The predicted octanol–water partition coefficient (Wildman–Crippen LogP) is 0.213. The zero-order valence-electron chi connectivity index (χ0n) is 10.8. The minimum atomic E-state index is -0.514. The lowest BCUT2D eigenvalue weighted by atomic mass is 9.85. The summed E-state index contributed by atoms with van der Waals surface area (Å²) in [4.78, 5) is 12.1. The third-order valence-electron chi connectivity index (χ3n) is 3.84. The molecule has 19 heavy (non-hydrogen) atoms. The Morgan fingerprint density at radius 1 is 1.42 bits per heavy atom. The number of rotatable bonds is 4. The molecule has 0 aromatic heterocycles. The van der Waals surface area contributed by atoms with Crippen LogP contribution in [0.5, 0.6) is 5.75 Å². The molecule has 3 rings (SSSR count). The summed E-state index contributed by atoms with van der Waals surface area (Å²) in [6, 6.07) is 6.04. The number of nitrogens with one attached hydrogen (secondary N) is 1. The van der Waals surface area contributed by atoms with E-state index in [1.165, 1.54) is 5.56 Å². The molecular formula is C14H18N2O3. The van der Waals surface area contributed by atoms with Gasteiger partial charge >= 0.3 is 0 Å². The number of hydrogen-bond donors (Lipinski definition) is 2. The van der Waals surface area contributed by atoms with Crippen LogP contribution in [0.25, 0.3) is 0 Å². The van der Waals surface area contributed by atoms with Crippen molar-refractivity contribution < 1.29 is 14.3 Å². The Hall–Kier alpha value is -1.59. The van der Waals surface area contributed by atoms with Gasteiger partial charge in [0.2, 0.25) is 5.91 Å². The van der Waals surface area contributed by atoms with E-state index in [2.05, 4.69) is 11.4 Å². The molecule has 0 spiro atoms. The Bertz CT molecular complexity index is 492. The number of benzene rings is 1. The fourth-order valence-electron chi connectivity index (χ4n) is 2.41. The molecule has 1 aromatic rings. The van der Waals surface area contributed by atoms with Crippen LogP contribution in [-0.4, -0.2) is 32.3 Å². The van der Waals surface area contributed by atoms with Gasteiger partial charge in [-0.25, -0.2) is 0 Å². The Kier molecular flexibility index (Phi) is 3.16. The molecule has 1 saturated heterocycles. The van der Waals surface area contributed by atoms with Crippen molar-refractivity contribution in [2.24, 2.45) is 11.1 Å². The first kappa shape index (κ1) is 12.4. The van der Waals surface area contributed by atoms with Crippen molar-refractivity contribution in [1.29, 1.82) is 0 Å². The SMILES string of the molecule is NCC1(C(=O)NCc2ccc3c(c2)CCO3)COC1. The van der Waals surface area contributed by atoms with Gasteiger partial charge in [-0.05, 0) is 17.2 Å². The van der Waals surface area contributed by atoms with Crippen LogP contribution in [0.3, 0.4) is 0 Å². The van der Waals surface area contributed by atoms with Gasteiger partial charge in [0.15, 0.2) is 0 Å². The number of carbonyl (C=O) groups is 1. The maximum atomic E-state index is 12.1. The van der Waals surface area contributed by atoms with Crippen LogP contribution < -0.4 is 15.8 Å². The predicted molar refractivity (Wildman–Crippen MR) is 69.8 cm³/mol. The molecule has 2 aliphatic heterocycles. The van der Waals surface area contributed by atoms with Gasteiger partial charge in [-0.3, -0.25) is 4.79 Å². The monoisotopic (exact) mass is 262 g/mol. The molecule has 0 aliphatic carbocycles. The zero-order valence-corrected chi connectivity index (χ0v) is 10.8. The van der Waals surface area contributed by atoms with E-state index in [0.29, 0.717) is 26.3 Å². The first-order chi connectivity index (χ1) is 9.23. The van der Waals surface area contributed by atoms with Crippen LogP contribution in [0.1, 0.15) is 11.1 Å². The average molecular weight is 262 g/mol. The van der Waals surface area contributed by atoms with Gasteiger partial charge in [-0.2, -0.15) is 0 Å². The fourth-order valence-corrected chi connectivity index (χ4v) is 2.41. The third kappa shape index (κ3) is 2.19. The van der Waals surface area contributed by atoms with Crippen LogP contribution in [0.4, 0.5) is 0 Å². The van der Waals surface area contributed by atoms with Gasteiger partial charge in [-0.1, -0.05) is 12.1 Å². The lowest BCUT2D eigenvalue weighted by molar-refractivity contribution is -0.159. The molecule has 1 aromatic carbocycles. The summed E-state index contributed by atoms with van der Waals surface area (Å²) in [5.74, 6) is 0.943. The first-order valence-electron chi connectivity index (χ1n) is 6.54. The molecule has 102 valence electrons. The van der Waals surface area contributed by atoms with E-state index in [4.69, 9.17) is 15.2 Å². The summed E-state index contributed by atoms with van der Waals surface area (Å²) < 4.78 is 10.6. The number of carbonyl (C=O) groups excluding carboxylic acids is 1. The third-order valence-corrected chi connectivity index (χ3v) is 3.84. The molecule has 0 unspecified atom stereocenters. The van der Waals surface area contributed by atoms with E-state index in [1.54, 1.807) is 0 Å². The van der Waals surface area contributed by atoms with Crippen molar-refractivity contribution in [3.05, 3.63) is 29.3 Å². The maximum Gasteiger partial charge on any atom is 0.232 e. The lowest BCUT2D eigenvalue weighted by Gasteiger charge is -2.38. The number of amides is 1. The van der Waals surface area contributed by atoms with Crippen molar-refractivity contribution in [2.45, 2.75) is 13.0 Å².